The van der Waals surface area contributed by atoms with E-state index in [1.807, 2.05) is 20.8 Å². The van der Waals surface area contributed by atoms with Crippen molar-refractivity contribution in [1.82, 2.24) is 9.97 Å². The smallest absolute Gasteiger partial charge is 0.205 e. The van der Waals surface area contributed by atoms with Crippen molar-refractivity contribution >= 4 is 5.78 Å². The predicted octanol–water partition coefficient (Wildman–Crippen LogP) is 1.71. The molecule has 3 nitrogen and oxygen atoms in total. The van der Waals surface area contributed by atoms with Crippen molar-refractivity contribution in [3.63, 3.8) is 0 Å². The van der Waals surface area contributed by atoms with Gasteiger partial charge in [-0.25, -0.2) is 9.97 Å². The third-order valence-electron chi connectivity index (χ3n) is 1.45. The summed E-state index contributed by atoms with van der Waals surface area (Å²) in [6.07, 6.45) is 3.15. The zero-order chi connectivity index (χ0) is 9.19. The summed E-state index contributed by atoms with van der Waals surface area (Å²) in [4.78, 5) is 19.3. The molecular formula is C9H12N2O. The molecule has 0 spiro atoms. The maximum Gasteiger partial charge on any atom is 0.205 e. The molecule has 1 rings (SSSR count). The number of hydrogen-bond acceptors (Lipinski definition) is 3. The molecule has 0 aromatic carbocycles. The number of nitrogens with zero attached hydrogens (tertiary/aromatic N) is 2. The van der Waals surface area contributed by atoms with E-state index in [2.05, 4.69) is 9.97 Å². The van der Waals surface area contributed by atoms with Gasteiger partial charge in [-0.3, -0.25) is 4.79 Å². The van der Waals surface area contributed by atoms with Crippen molar-refractivity contribution in [2.75, 3.05) is 0 Å². The second-order valence-corrected chi connectivity index (χ2v) is 3.65. The Kier molecular flexibility index (Phi) is 2.22. The summed E-state index contributed by atoms with van der Waals surface area (Å²) < 4.78 is 0. The van der Waals surface area contributed by atoms with Gasteiger partial charge in [0.05, 0.1) is 0 Å². The Morgan fingerprint density at radius 1 is 1.25 bits per heavy atom. The lowest BCUT2D eigenvalue weighted by atomic mass is 9.90. The number of ketones is 1. The minimum absolute atomic E-state index is 0.0249. The Bertz CT molecular complexity index is 274. The number of Topliss-reactive ketones (excluding diaryl/α,β-unsaturated/α-hetero) is 1. The lowest BCUT2D eigenvalue weighted by Gasteiger charge is -2.14. The Balaban J connectivity index is 2.94. The Labute approximate surface area is 71.9 Å². The average molecular weight is 164 g/mol. The van der Waals surface area contributed by atoms with Crippen LogP contribution in [0.4, 0.5) is 0 Å². The van der Waals surface area contributed by atoms with Gasteiger partial charge >= 0.3 is 0 Å². The van der Waals surface area contributed by atoms with Crippen LogP contribution in [-0.4, -0.2) is 15.8 Å². The van der Waals surface area contributed by atoms with Gasteiger partial charge in [0.1, 0.15) is 0 Å². The molecule has 0 amide bonds. The topological polar surface area (TPSA) is 42.9 Å². The third kappa shape index (κ3) is 1.87. The van der Waals surface area contributed by atoms with E-state index in [-0.39, 0.29) is 5.78 Å². The van der Waals surface area contributed by atoms with Crippen LogP contribution in [0, 0.1) is 5.41 Å². The highest BCUT2D eigenvalue weighted by atomic mass is 16.1. The zero-order valence-electron chi connectivity index (χ0n) is 7.53. The van der Waals surface area contributed by atoms with Crippen LogP contribution in [0.15, 0.2) is 18.5 Å². The highest BCUT2D eigenvalue weighted by Gasteiger charge is 2.24. The van der Waals surface area contributed by atoms with Crippen molar-refractivity contribution in [3.05, 3.63) is 24.3 Å². The van der Waals surface area contributed by atoms with Crippen LogP contribution in [0.2, 0.25) is 0 Å². The molecule has 0 saturated carbocycles. The molecule has 0 N–H and O–H groups in total. The highest BCUT2D eigenvalue weighted by Crippen LogP contribution is 2.17. The van der Waals surface area contributed by atoms with Crippen molar-refractivity contribution in [2.45, 2.75) is 20.8 Å². The van der Waals surface area contributed by atoms with Gasteiger partial charge in [0.2, 0.25) is 5.78 Å². The monoisotopic (exact) mass is 164 g/mol. The quantitative estimate of drug-likeness (QED) is 0.593. The SMILES string of the molecule is CC(C)(C)C(=O)c1ncccn1. The van der Waals surface area contributed by atoms with Crippen LogP contribution < -0.4 is 0 Å². The minimum Gasteiger partial charge on any atom is -0.290 e. The molecular weight excluding hydrogens is 152 g/mol. The molecule has 12 heavy (non-hydrogen) atoms. The highest BCUT2D eigenvalue weighted by molar-refractivity contribution is 5.96. The first-order chi connectivity index (χ1) is 5.52. The van der Waals surface area contributed by atoms with E-state index in [1.54, 1.807) is 18.5 Å². The van der Waals surface area contributed by atoms with Crippen LogP contribution in [0.1, 0.15) is 31.4 Å². The van der Waals surface area contributed by atoms with Crippen molar-refractivity contribution in [3.8, 4) is 0 Å². The Hall–Kier alpha value is -1.25. The van der Waals surface area contributed by atoms with Gasteiger partial charge in [-0.2, -0.15) is 0 Å². The number of carbonyl (C=O) groups excluding carboxylic acids is 1. The molecule has 0 aliphatic carbocycles. The third-order valence-corrected chi connectivity index (χ3v) is 1.45. The molecule has 1 aromatic rings. The zero-order valence-corrected chi connectivity index (χ0v) is 7.53. The fourth-order valence-electron chi connectivity index (χ4n) is 0.752. The molecule has 1 aromatic heterocycles. The van der Waals surface area contributed by atoms with E-state index in [9.17, 15) is 4.79 Å². The second-order valence-electron chi connectivity index (χ2n) is 3.65. The van der Waals surface area contributed by atoms with Gasteiger partial charge in [0.15, 0.2) is 5.82 Å². The first kappa shape index (κ1) is 8.84. The van der Waals surface area contributed by atoms with Crippen LogP contribution in [0.25, 0.3) is 0 Å². The minimum atomic E-state index is -0.401. The van der Waals surface area contributed by atoms with Crippen molar-refractivity contribution in [2.24, 2.45) is 5.41 Å². The van der Waals surface area contributed by atoms with Crippen LogP contribution in [0.5, 0.6) is 0 Å². The van der Waals surface area contributed by atoms with Gasteiger partial charge < -0.3 is 0 Å². The number of rotatable bonds is 1. The molecule has 64 valence electrons. The summed E-state index contributed by atoms with van der Waals surface area (Å²) in [7, 11) is 0. The van der Waals surface area contributed by atoms with Crippen LogP contribution in [-0.2, 0) is 0 Å². The van der Waals surface area contributed by atoms with E-state index < -0.39 is 5.41 Å². The lowest BCUT2D eigenvalue weighted by molar-refractivity contribution is 0.0847. The van der Waals surface area contributed by atoms with E-state index in [4.69, 9.17) is 0 Å². The number of hydrogen-bond donors (Lipinski definition) is 0. The largest absolute Gasteiger partial charge is 0.290 e. The number of aromatic nitrogens is 2. The van der Waals surface area contributed by atoms with Gasteiger partial charge in [-0.1, -0.05) is 20.8 Å². The van der Waals surface area contributed by atoms with E-state index in [0.29, 0.717) is 5.82 Å². The first-order valence-corrected chi connectivity index (χ1v) is 3.83. The van der Waals surface area contributed by atoms with Crippen molar-refractivity contribution < 1.29 is 4.79 Å². The van der Waals surface area contributed by atoms with Crippen LogP contribution in [0.3, 0.4) is 0 Å². The fraction of sp³-hybridized carbons (Fsp3) is 0.444. The summed E-state index contributed by atoms with van der Waals surface area (Å²) in [5, 5.41) is 0. The maximum absolute atomic E-state index is 11.5. The second kappa shape index (κ2) is 3.01. The molecule has 0 saturated heterocycles. The molecule has 0 radical (unpaired) electrons. The molecule has 1 heterocycles. The Morgan fingerprint density at radius 2 is 1.75 bits per heavy atom. The van der Waals surface area contributed by atoms with Gasteiger partial charge in [0.25, 0.3) is 0 Å². The molecule has 0 aliphatic rings. The van der Waals surface area contributed by atoms with Crippen LogP contribution >= 0.6 is 0 Å². The molecule has 0 bridgehead atoms. The predicted molar refractivity (Wildman–Crippen MR) is 45.8 cm³/mol. The normalized spacial score (nSPS) is 11.2. The summed E-state index contributed by atoms with van der Waals surface area (Å²) >= 11 is 0. The Morgan fingerprint density at radius 3 is 2.17 bits per heavy atom. The standard InChI is InChI=1S/C9H12N2O/c1-9(2,3)7(12)8-10-5-4-6-11-8/h4-6H,1-3H3. The molecule has 0 atom stereocenters. The summed E-state index contributed by atoms with van der Waals surface area (Å²) in [6.45, 7) is 5.56. The molecule has 3 heteroatoms. The summed E-state index contributed by atoms with van der Waals surface area (Å²) in [6, 6.07) is 1.69. The van der Waals surface area contributed by atoms with Gasteiger partial charge in [0, 0.05) is 17.8 Å². The maximum atomic E-state index is 11.5. The molecule has 0 aliphatic heterocycles. The van der Waals surface area contributed by atoms with Crippen molar-refractivity contribution in [1.29, 1.82) is 0 Å². The number of carbonyl (C=O) groups is 1. The molecule has 0 unspecified atom stereocenters. The average Bonchev–Trinajstić information content (AvgIpc) is 2.03. The van der Waals surface area contributed by atoms with E-state index in [0.717, 1.165) is 0 Å². The van der Waals surface area contributed by atoms with Gasteiger partial charge in [-0.05, 0) is 6.07 Å². The first-order valence-electron chi connectivity index (χ1n) is 3.83. The van der Waals surface area contributed by atoms with Gasteiger partial charge in [-0.15, -0.1) is 0 Å². The fourth-order valence-corrected chi connectivity index (χ4v) is 0.752. The summed E-state index contributed by atoms with van der Waals surface area (Å²) in [5.41, 5.74) is -0.401. The lowest BCUT2D eigenvalue weighted by Crippen LogP contribution is -2.22. The van der Waals surface area contributed by atoms with E-state index >= 15 is 0 Å². The summed E-state index contributed by atoms with van der Waals surface area (Å²) in [5.74, 6) is 0.271. The van der Waals surface area contributed by atoms with E-state index in [1.165, 1.54) is 0 Å². The molecule has 0 fully saturated rings.